The Morgan fingerprint density at radius 2 is 0.689 bits per heavy atom. The third kappa shape index (κ3) is 12.1. The second-order valence-corrected chi connectivity index (χ2v) is 20.6. The van der Waals surface area contributed by atoms with E-state index in [0.717, 1.165) is 118 Å². The lowest BCUT2D eigenvalue weighted by atomic mass is 9.73. The molecule has 0 saturated carbocycles. The second kappa shape index (κ2) is 22.3. The van der Waals surface area contributed by atoms with Crippen LogP contribution in [0, 0.1) is 94.3 Å². The van der Waals surface area contributed by atoms with Crippen LogP contribution >= 0.6 is 0 Å². The monoisotopic (exact) mass is 950 g/mol. The average molecular weight is 951 g/mol. The number of benzene rings is 6. The van der Waals surface area contributed by atoms with Gasteiger partial charge in [0, 0.05) is 66.8 Å². The van der Waals surface area contributed by atoms with E-state index >= 15 is 0 Å². The van der Waals surface area contributed by atoms with Crippen molar-refractivity contribution in [1.82, 2.24) is 0 Å². The van der Waals surface area contributed by atoms with Gasteiger partial charge >= 0.3 is 0 Å². The van der Waals surface area contributed by atoms with Crippen LogP contribution in [-0.4, -0.2) is 0 Å². The van der Waals surface area contributed by atoms with Crippen LogP contribution in [0.2, 0.25) is 0 Å². The molecule has 0 heterocycles. The predicted octanol–water partition coefficient (Wildman–Crippen LogP) is 17.4. The Hall–Kier alpha value is -8.78. The molecule has 0 N–H and O–H groups in total. The van der Waals surface area contributed by atoms with Crippen molar-refractivity contribution in [2.45, 2.75) is 75.2 Å². The van der Waals surface area contributed by atoms with E-state index in [1.54, 1.807) is 0 Å². The van der Waals surface area contributed by atoms with Crippen molar-refractivity contribution in [3.63, 3.8) is 0 Å². The first-order chi connectivity index (χ1) is 35.8. The molecule has 0 amide bonds. The maximum atomic E-state index is 3.96. The summed E-state index contributed by atoms with van der Waals surface area (Å²) in [4.78, 5) is 0. The summed E-state index contributed by atoms with van der Waals surface area (Å²) in [5, 5.41) is 0. The van der Waals surface area contributed by atoms with Gasteiger partial charge in [-0.25, -0.2) is 0 Å². The van der Waals surface area contributed by atoms with Gasteiger partial charge in [-0.1, -0.05) is 252 Å². The van der Waals surface area contributed by atoms with Crippen LogP contribution in [0.4, 0.5) is 0 Å². The molecule has 0 aliphatic heterocycles. The lowest BCUT2D eigenvalue weighted by molar-refractivity contribution is 0.483. The van der Waals surface area contributed by atoms with Gasteiger partial charge < -0.3 is 0 Å². The molecule has 0 heteroatoms. The van der Waals surface area contributed by atoms with Crippen molar-refractivity contribution in [1.29, 1.82) is 0 Å². The highest BCUT2D eigenvalue weighted by molar-refractivity contribution is 6.11. The van der Waals surface area contributed by atoms with E-state index in [9.17, 15) is 0 Å². The third-order valence-corrected chi connectivity index (χ3v) is 13.7. The van der Waals surface area contributed by atoms with Gasteiger partial charge in [0.1, 0.15) is 0 Å². The summed E-state index contributed by atoms with van der Waals surface area (Å²) in [6.07, 6.45) is 17.3. The minimum Gasteiger partial charge on any atom is -0.0798 e. The lowest BCUT2D eigenvalue weighted by Crippen LogP contribution is -2.11. The first-order valence-electron chi connectivity index (χ1n) is 25.7. The number of hydrogen-bond acceptors (Lipinski definition) is 0. The summed E-state index contributed by atoms with van der Waals surface area (Å²) in [7, 11) is 0. The molecule has 358 valence electrons. The van der Waals surface area contributed by atoms with Gasteiger partial charge in [-0.3, -0.25) is 0 Å². The van der Waals surface area contributed by atoms with Crippen LogP contribution in [0.25, 0.3) is 16.7 Å². The molecule has 0 atom stereocenters. The Balaban J connectivity index is 1.60. The Bertz CT molecular complexity index is 3710. The molecule has 0 nitrogen and oxygen atoms in total. The van der Waals surface area contributed by atoms with Crippen molar-refractivity contribution in [2.24, 2.45) is 5.41 Å². The number of rotatable bonds is 4. The van der Waals surface area contributed by atoms with E-state index in [2.05, 4.69) is 298 Å². The van der Waals surface area contributed by atoms with Gasteiger partial charge in [0.15, 0.2) is 0 Å². The molecule has 9 rings (SSSR count). The average Bonchev–Trinajstić information content (AvgIpc) is 3.62. The van der Waals surface area contributed by atoms with E-state index in [1.165, 1.54) is 16.7 Å². The molecule has 74 heavy (non-hydrogen) atoms. The van der Waals surface area contributed by atoms with Gasteiger partial charge in [-0.15, -0.1) is 0 Å². The van der Waals surface area contributed by atoms with Crippen LogP contribution in [0.1, 0.15) is 100 Å². The highest BCUT2D eigenvalue weighted by Gasteiger charge is 2.32. The Morgan fingerprint density at radius 3 is 1.05 bits per heavy atom. The summed E-state index contributed by atoms with van der Waals surface area (Å²) in [6.45, 7) is 19.5. The molecule has 0 bridgehead atoms. The molecular weight excluding hydrogens is 889 g/mol. The maximum Gasteiger partial charge on any atom is 0.0431 e. The fourth-order valence-corrected chi connectivity index (χ4v) is 9.13. The third-order valence-electron chi connectivity index (χ3n) is 13.7. The predicted molar refractivity (Wildman–Crippen MR) is 314 cm³/mol. The second-order valence-electron chi connectivity index (χ2n) is 20.6. The Morgan fingerprint density at radius 1 is 0.351 bits per heavy atom. The van der Waals surface area contributed by atoms with E-state index in [0.29, 0.717) is 6.42 Å². The Labute approximate surface area is 441 Å². The maximum absolute atomic E-state index is 3.96. The zero-order valence-electron chi connectivity index (χ0n) is 44.3. The van der Waals surface area contributed by atoms with Gasteiger partial charge in [0.2, 0.25) is 0 Å². The summed E-state index contributed by atoms with van der Waals surface area (Å²) in [5.74, 6) is 30.7. The summed E-state index contributed by atoms with van der Waals surface area (Å²) in [5.41, 5.74) is 23.0. The first kappa shape index (κ1) is 50.2. The number of aryl methyl sites for hydroxylation is 6. The first-order valence-corrected chi connectivity index (χ1v) is 25.7. The minimum absolute atomic E-state index is 0.0389. The topological polar surface area (TPSA) is 0 Å². The zero-order chi connectivity index (χ0) is 51.8. The summed E-state index contributed by atoms with van der Waals surface area (Å²) in [6, 6.07) is 52.1. The van der Waals surface area contributed by atoms with Crippen LogP contribution in [0.5, 0.6) is 0 Å². The highest BCUT2D eigenvalue weighted by atomic mass is 14.3. The molecule has 0 unspecified atom stereocenters. The van der Waals surface area contributed by atoms with Crippen molar-refractivity contribution < 1.29 is 0 Å². The van der Waals surface area contributed by atoms with E-state index in [4.69, 9.17) is 0 Å². The van der Waals surface area contributed by atoms with Crippen LogP contribution in [-0.2, 0) is 0 Å². The smallest absolute Gasteiger partial charge is 0.0431 e. The number of allylic oxidation sites excluding steroid dienone is 18. The summed E-state index contributed by atoms with van der Waals surface area (Å²) >= 11 is 0. The van der Waals surface area contributed by atoms with Crippen LogP contribution in [0.3, 0.4) is 0 Å². The minimum atomic E-state index is 0.0389. The molecule has 6 aromatic rings. The number of hydrogen-bond donors (Lipinski definition) is 0. The molecular formula is C74H62. The molecule has 0 aromatic heterocycles. The molecule has 0 radical (unpaired) electrons. The lowest BCUT2D eigenvalue weighted by Gasteiger charge is -2.27. The fourth-order valence-electron chi connectivity index (χ4n) is 9.13. The molecule has 3 aliphatic rings. The van der Waals surface area contributed by atoms with E-state index in [1.807, 2.05) is 0 Å². The zero-order valence-corrected chi connectivity index (χ0v) is 44.3. The molecule has 6 aromatic carbocycles. The largest absolute Gasteiger partial charge is 0.0798 e. The van der Waals surface area contributed by atoms with E-state index in [-0.39, 0.29) is 5.41 Å². The quantitative estimate of drug-likeness (QED) is 0.155. The summed E-state index contributed by atoms with van der Waals surface area (Å²) < 4.78 is 0. The van der Waals surface area contributed by atoms with Crippen molar-refractivity contribution in [2.75, 3.05) is 0 Å². The van der Waals surface area contributed by atoms with Gasteiger partial charge in [0.25, 0.3) is 0 Å². The molecule has 3 aliphatic carbocycles. The fraction of sp³-hybridized carbons (Fsp3) is 0.162. The highest BCUT2D eigenvalue weighted by Crippen LogP contribution is 2.48. The van der Waals surface area contributed by atoms with Crippen molar-refractivity contribution in [3.8, 4) is 47.4 Å². The van der Waals surface area contributed by atoms with Crippen molar-refractivity contribution >= 4 is 16.7 Å². The Kier molecular flexibility index (Phi) is 15.1. The van der Waals surface area contributed by atoms with Crippen LogP contribution in [0.15, 0.2) is 233 Å². The SMILES string of the molecule is CC1=CC=C(C2=C(C#Cc3ccc(C)cc3)/C(c3ccc(C)cc3)=C(C#CC3=CCC(C)(C)C=C3)\C(c3ccc(C)cc3)=C(\C#Cc3ccc(C)cc3)C(c3ccc(C)cc3)=C2C#Cc2ccc(C)cc2)CC=C1. The van der Waals surface area contributed by atoms with Gasteiger partial charge in [0.05, 0.1) is 0 Å². The van der Waals surface area contributed by atoms with Crippen LogP contribution < -0.4 is 0 Å². The normalized spacial score (nSPS) is 17.1. The van der Waals surface area contributed by atoms with E-state index < -0.39 is 0 Å². The van der Waals surface area contributed by atoms with Gasteiger partial charge in [-0.05, 0) is 125 Å². The molecule has 0 spiro atoms. The standard InChI is InChI=1S/C74H62/c1-51-11-10-12-62(36-19-51)70-66(43-32-58-26-13-52(2)14-27-58)71(63-37-20-55(5)21-38-63)68(45-34-60-30-17-54(4)18-31-60)73(65-41-24-57(7)25-42-65)69(46-35-61-47-49-74(8,9)50-48-61)72(64-39-22-56(6)23-40-64)67(70)44-33-59-28-15-53(3)16-29-59/h10-11,13-31,36-42,47-49H,12,50H2,1-9H3/b70-66?,70-67?,71-66?,71-68?,72-67?,72-69-,73-68-,73-69?. The molecule has 0 saturated heterocycles. The van der Waals surface area contributed by atoms with Crippen molar-refractivity contribution in [3.05, 3.63) is 299 Å². The molecule has 0 fully saturated rings. The van der Waals surface area contributed by atoms with Gasteiger partial charge in [-0.2, -0.15) is 0 Å².